The number of methoxy groups -OCH3 is 1. The lowest BCUT2D eigenvalue weighted by Crippen LogP contribution is -2.46. The summed E-state index contributed by atoms with van der Waals surface area (Å²) in [5.74, 6) is 2.08. The molecule has 0 amide bonds. The van der Waals surface area contributed by atoms with Crippen molar-refractivity contribution in [2.45, 2.75) is 13.5 Å². The van der Waals surface area contributed by atoms with E-state index >= 15 is 0 Å². The van der Waals surface area contributed by atoms with Crippen molar-refractivity contribution in [3.05, 3.63) is 65.9 Å². The van der Waals surface area contributed by atoms with E-state index in [2.05, 4.69) is 60.6 Å². The van der Waals surface area contributed by atoms with E-state index in [4.69, 9.17) is 4.74 Å². The monoisotopic (exact) mass is 390 g/mol. The summed E-state index contributed by atoms with van der Waals surface area (Å²) < 4.78 is 5.44. The number of hydrogen-bond donors (Lipinski definition) is 1. The van der Waals surface area contributed by atoms with Crippen LogP contribution < -0.4 is 15.0 Å². The first-order chi connectivity index (χ1) is 14.2. The van der Waals surface area contributed by atoms with Crippen LogP contribution in [0, 0.1) is 6.92 Å². The van der Waals surface area contributed by atoms with Gasteiger partial charge in [0.25, 0.3) is 0 Å². The van der Waals surface area contributed by atoms with Crippen molar-refractivity contribution in [1.82, 2.24) is 20.1 Å². The quantitative estimate of drug-likeness (QED) is 0.693. The highest BCUT2D eigenvalue weighted by Gasteiger charge is 2.20. The maximum Gasteiger partial charge on any atom is 0.247 e. The van der Waals surface area contributed by atoms with Gasteiger partial charge in [0.1, 0.15) is 5.75 Å². The first kappa shape index (κ1) is 19.1. The molecule has 0 bridgehead atoms. The fourth-order valence-corrected chi connectivity index (χ4v) is 3.49. The van der Waals surface area contributed by atoms with E-state index in [1.54, 1.807) is 13.3 Å². The summed E-state index contributed by atoms with van der Waals surface area (Å²) in [5, 5.41) is 11.7. The van der Waals surface area contributed by atoms with E-state index in [9.17, 15) is 0 Å². The highest BCUT2D eigenvalue weighted by Crippen LogP contribution is 2.28. The van der Waals surface area contributed by atoms with Crippen molar-refractivity contribution in [3.8, 4) is 5.75 Å². The molecule has 1 saturated heterocycles. The summed E-state index contributed by atoms with van der Waals surface area (Å²) >= 11 is 0. The zero-order valence-corrected chi connectivity index (χ0v) is 16.9. The van der Waals surface area contributed by atoms with Crippen LogP contribution >= 0.6 is 0 Å². The summed E-state index contributed by atoms with van der Waals surface area (Å²) in [4.78, 5) is 9.32. The molecule has 0 atom stereocenters. The van der Waals surface area contributed by atoms with Crippen LogP contribution in [0.15, 0.2) is 54.7 Å². The molecule has 7 heteroatoms. The smallest absolute Gasteiger partial charge is 0.247 e. The van der Waals surface area contributed by atoms with Gasteiger partial charge in [-0.1, -0.05) is 36.4 Å². The topological polar surface area (TPSA) is 66.4 Å². The van der Waals surface area contributed by atoms with Crippen molar-refractivity contribution in [1.29, 1.82) is 0 Å². The maximum atomic E-state index is 5.44. The number of piperazine rings is 1. The van der Waals surface area contributed by atoms with Gasteiger partial charge in [0.05, 0.1) is 19.0 Å². The number of ether oxygens (including phenoxy) is 1. The SMILES string of the molecule is COc1ccc(C)cc1Nc1cnnc(N2CCN(Cc3ccccc3)CC2)n1. The molecule has 1 aliphatic heterocycles. The van der Waals surface area contributed by atoms with Gasteiger partial charge in [-0.05, 0) is 30.2 Å². The minimum Gasteiger partial charge on any atom is -0.495 e. The van der Waals surface area contributed by atoms with E-state index in [0.29, 0.717) is 11.8 Å². The Morgan fingerprint density at radius 3 is 2.59 bits per heavy atom. The third-order valence-corrected chi connectivity index (χ3v) is 5.07. The molecule has 0 radical (unpaired) electrons. The zero-order valence-electron chi connectivity index (χ0n) is 16.9. The van der Waals surface area contributed by atoms with Crippen LogP contribution in [0.4, 0.5) is 17.5 Å². The Labute approximate surface area is 171 Å². The number of nitrogens with zero attached hydrogens (tertiary/aromatic N) is 5. The minimum atomic E-state index is 0.654. The van der Waals surface area contributed by atoms with E-state index in [-0.39, 0.29) is 0 Å². The van der Waals surface area contributed by atoms with Crippen LogP contribution in [0.1, 0.15) is 11.1 Å². The van der Waals surface area contributed by atoms with E-state index in [0.717, 1.165) is 49.7 Å². The molecule has 1 aromatic heterocycles. The van der Waals surface area contributed by atoms with Crippen LogP contribution in [0.25, 0.3) is 0 Å². The molecule has 2 aromatic carbocycles. The predicted molar refractivity (Wildman–Crippen MR) is 115 cm³/mol. The van der Waals surface area contributed by atoms with Gasteiger partial charge >= 0.3 is 0 Å². The summed E-state index contributed by atoms with van der Waals surface area (Å²) in [7, 11) is 1.66. The number of anilines is 3. The van der Waals surface area contributed by atoms with Crippen molar-refractivity contribution < 1.29 is 4.74 Å². The normalized spacial score (nSPS) is 14.6. The maximum absolute atomic E-state index is 5.44. The van der Waals surface area contributed by atoms with Gasteiger partial charge in [0, 0.05) is 32.7 Å². The number of aromatic nitrogens is 3. The largest absolute Gasteiger partial charge is 0.495 e. The van der Waals surface area contributed by atoms with Gasteiger partial charge in [-0.15, -0.1) is 5.10 Å². The number of hydrogen-bond acceptors (Lipinski definition) is 7. The highest BCUT2D eigenvalue weighted by atomic mass is 16.5. The molecule has 150 valence electrons. The first-order valence-corrected chi connectivity index (χ1v) is 9.84. The van der Waals surface area contributed by atoms with Crippen LogP contribution in [0.5, 0.6) is 5.75 Å². The average Bonchev–Trinajstić information content (AvgIpc) is 2.75. The molecule has 7 nitrogen and oxygen atoms in total. The average molecular weight is 390 g/mol. The highest BCUT2D eigenvalue weighted by molar-refractivity contribution is 5.65. The van der Waals surface area contributed by atoms with Crippen molar-refractivity contribution in [2.75, 3.05) is 43.5 Å². The van der Waals surface area contributed by atoms with E-state index in [1.807, 2.05) is 25.1 Å². The molecule has 0 saturated carbocycles. The second-order valence-corrected chi connectivity index (χ2v) is 7.22. The number of benzene rings is 2. The molecule has 1 N–H and O–H groups in total. The second-order valence-electron chi connectivity index (χ2n) is 7.22. The van der Waals surface area contributed by atoms with Gasteiger partial charge in [-0.25, -0.2) is 0 Å². The number of aryl methyl sites for hydroxylation is 1. The molecule has 1 aliphatic rings. The fraction of sp³-hybridized carbons (Fsp3) is 0.318. The third kappa shape index (κ3) is 4.81. The molecule has 3 aromatic rings. The van der Waals surface area contributed by atoms with Crippen LogP contribution in [-0.4, -0.2) is 53.4 Å². The molecular weight excluding hydrogens is 364 g/mol. The Kier molecular flexibility index (Phi) is 5.86. The summed E-state index contributed by atoms with van der Waals surface area (Å²) in [6.45, 7) is 6.73. The van der Waals surface area contributed by atoms with E-state index < -0.39 is 0 Å². The molecular formula is C22H26N6O. The Hall–Kier alpha value is -3.19. The predicted octanol–water partition coefficient (Wildman–Crippen LogP) is 3.25. The lowest BCUT2D eigenvalue weighted by Gasteiger charge is -2.34. The minimum absolute atomic E-state index is 0.654. The Morgan fingerprint density at radius 1 is 1.03 bits per heavy atom. The lowest BCUT2D eigenvalue weighted by molar-refractivity contribution is 0.248. The molecule has 0 spiro atoms. The van der Waals surface area contributed by atoms with Gasteiger partial charge in [-0.2, -0.15) is 10.1 Å². The molecule has 4 rings (SSSR count). The first-order valence-electron chi connectivity index (χ1n) is 9.84. The second kappa shape index (κ2) is 8.87. The molecule has 29 heavy (non-hydrogen) atoms. The summed E-state index contributed by atoms with van der Waals surface area (Å²) in [6.07, 6.45) is 1.64. The van der Waals surface area contributed by atoms with Gasteiger partial charge in [0.2, 0.25) is 5.95 Å². The lowest BCUT2D eigenvalue weighted by atomic mass is 10.2. The third-order valence-electron chi connectivity index (χ3n) is 5.07. The van der Waals surface area contributed by atoms with Crippen molar-refractivity contribution >= 4 is 17.5 Å². The number of nitrogens with one attached hydrogen (secondary N) is 1. The van der Waals surface area contributed by atoms with Gasteiger partial charge < -0.3 is 15.0 Å². The van der Waals surface area contributed by atoms with Gasteiger partial charge in [-0.3, -0.25) is 4.90 Å². The summed E-state index contributed by atoms with van der Waals surface area (Å²) in [5.41, 5.74) is 3.36. The zero-order chi connectivity index (χ0) is 20.1. The fourth-order valence-electron chi connectivity index (χ4n) is 3.49. The van der Waals surface area contributed by atoms with Gasteiger partial charge in [0.15, 0.2) is 5.82 Å². The van der Waals surface area contributed by atoms with Crippen LogP contribution in [0.2, 0.25) is 0 Å². The Balaban J connectivity index is 1.40. The summed E-state index contributed by atoms with van der Waals surface area (Å²) in [6, 6.07) is 16.6. The number of rotatable bonds is 6. The van der Waals surface area contributed by atoms with Crippen LogP contribution in [-0.2, 0) is 6.54 Å². The molecule has 0 unspecified atom stereocenters. The molecule has 1 fully saturated rings. The Bertz CT molecular complexity index is 941. The van der Waals surface area contributed by atoms with Crippen molar-refractivity contribution in [2.24, 2.45) is 0 Å². The standard InChI is InChI=1S/C22H26N6O/c1-17-8-9-20(29-2)19(14-17)24-21-15-23-26-22(25-21)28-12-10-27(11-13-28)16-18-6-4-3-5-7-18/h3-9,14-15H,10-13,16H2,1-2H3,(H,24,25,26). The Morgan fingerprint density at radius 2 is 1.83 bits per heavy atom. The van der Waals surface area contributed by atoms with Crippen molar-refractivity contribution in [3.63, 3.8) is 0 Å². The van der Waals surface area contributed by atoms with Crippen LogP contribution in [0.3, 0.4) is 0 Å². The van der Waals surface area contributed by atoms with E-state index in [1.165, 1.54) is 5.56 Å². The molecule has 2 heterocycles. The molecule has 0 aliphatic carbocycles.